The highest BCUT2D eigenvalue weighted by atomic mass is 16.5. The zero-order valence-corrected chi connectivity index (χ0v) is 17.0. The summed E-state index contributed by atoms with van der Waals surface area (Å²) in [4.78, 5) is 9.11. The molecule has 6 nitrogen and oxygen atoms in total. The molecule has 2 N–H and O–H groups in total. The summed E-state index contributed by atoms with van der Waals surface area (Å²) in [5, 5.41) is 6.71. The van der Waals surface area contributed by atoms with Crippen molar-refractivity contribution in [3.63, 3.8) is 0 Å². The molecule has 0 atom stereocenters. The molecule has 0 aliphatic rings. The van der Waals surface area contributed by atoms with Crippen molar-refractivity contribution >= 4 is 17.5 Å². The lowest BCUT2D eigenvalue weighted by molar-refractivity contribution is 0.354. The molecule has 0 spiro atoms. The number of hydrogen-bond acceptors (Lipinski definition) is 6. The van der Waals surface area contributed by atoms with Gasteiger partial charge in [0.05, 0.1) is 14.2 Å². The molecule has 0 aliphatic carbocycles. The smallest absolute Gasteiger partial charge is 0.225 e. The first-order valence-electron chi connectivity index (χ1n) is 9.14. The highest BCUT2D eigenvalue weighted by molar-refractivity contribution is 5.65. The fourth-order valence-corrected chi connectivity index (χ4v) is 3.02. The molecular weight excluding hydrogens is 352 g/mol. The van der Waals surface area contributed by atoms with Gasteiger partial charge in [0.15, 0.2) is 11.5 Å². The van der Waals surface area contributed by atoms with Gasteiger partial charge in [-0.25, -0.2) is 4.98 Å². The van der Waals surface area contributed by atoms with E-state index in [9.17, 15) is 0 Å². The van der Waals surface area contributed by atoms with Gasteiger partial charge in [0.2, 0.25) is 5.95 Å². The predicted molar refractivity (Wildman–Crippen MR) is 113 cm³/mol. The molecule has 6 heteroatoms. The summed E-state index contributed by atoms with van der Waals surface area (Å²) in [6.07, 6.45) is 0. The van der Waals surface area contributed by atoms with E-state index in [2.05, 4.69) is 52.6 Å². The van der Waals surface area contributed by atoms with Crippen molar-refractivity contribution in [3.8, 4) is 11.5 Å². The van der Waals surface area contributed by atoms with Gasteiger partial charge in [-0.1, -0.05) is 24.3 Å². The zero-order valence-electron chi connectivity index (χ0n) is 17.0. The maximum atomic E-state index is 5.36. The molecule has 3 rings (SSSR count). The second-order valence-electron chi connectivity index (χ2n) is 6.65. The average Bonchev–Trinajstić information content (AvgIpc) is 2.68. The van der Waals surface area contributed by atoms with Crippen LogP contribution in [0.25, 0.3) is 0 Å². The molecule has 2 aromatic carbocycles. The lowest BCUT2D eigenvalue weighted by Crippen LogP contribution is -2.07. The number of benzene rings is 2. The summed E-state index contributed by atoms with van der Waals surface area (Å²) in [5.41, 5.74) is 5.37. The molecule has 146 valence electrons. The highest BCUT2D eigenvalue weighted by Gasteiger charge is 2.08. The Balaban J connectivity index is 1.77. The summed E-state index contributed by atoms with van der Waals surface area (Å²) in [6.45, 7) is 6.70. The molecule has 0 aliphatic heterocycles. The van der Waals surface area contributed by atoms with Crippen LogP contribution in [0, 0.1) is 20.8 Å². The summed E-state index contributed by atoms with van der Waals surface area (Å²) in [6, 6.07) is 14.0. The van der Waals surface area contributed by atoms with E-state index in [0.717, 1.165) is 22.8 Å². The largest absolute Gasteiger partial charge is 0.493 e. The van der Waals surface area contributed by atoms with E-state index < -0.39 is 0 Å². The van der Waals surface area contributed by atoms with Crippen LogP contribution >= 0.6 is 0 Å². The van der Waals surface area contributed by atoms with E-state index in [-0.39, 0.29) is 0 Å². The molecular formula is C22H26N4O2. The van der Waals surface area contributed by atoms with Gasteiger partial charge in [-0.2, -0.15) is 4.98 Å². The van der Waals surface area contributed by atoms with Gasteiger partial charge in [-0.3, -0.25) is 0 Å². The number of ether oxygens (including phenoxy) is 2. The molecule has 0 bridgehead atoms. The van der Waals surface area contributed by atoms with E-state index >= 15 is 0 Å². The number of hydrogen-bond donors (Lipinski definition) is 2. The monoisotopic (exact) mass is 378 g/mol. The van der Waals surface area contributed by atoms with Gasteiger partial charge < -0.3 is 20.1 Å². The molecule has 0 unspecified atom stereocenters. The average molecular weight is 378 g/mol. The first kappa shape index (κ1) is 19.5. The van der Waals surface area contributed by atoms with Crippen molar-refractivity contribution < 1.29 is 9.47 Å². The van der Waals surface area contributed by atoms with Crippen LogP contribution in [0.15, 0.2) is 42.5 Å². The van der Waals surface area contributed by atoms with E-state index in [1.54, 1.807) is 14.2 Å². The summed E-state index contributed by atoms with van der Waals surface area (Å²) in [7, 11) is 3.26. The number of nitrogens with zero attached hydrogens (tertiary/aromatic N) is 2. The van der Waals surface area contributed by atoms with Crippen LogP contribution < -0.4 is 20.1 Å². The maximum absolute atomic E-state index is 5.36. The van der Waals surface area contributed by atoms with Crippen molar-refractivity contribution in [1.29, 1.82) is 0 Å². The Morgan fingerprint density at radius 2 is 1.57 bits per heavy atom. The Labute approximate surface area is 166 Å². The topological polar surface area (TPSA) is 68.3 Å². The Bertz CT molecular complexity index is 952. The number of anilines is 3. The van der Waals surface area contributed by atoms with E-state index in [0.29, 0.717) is 24.0 Å². The SMILES string of the molecule is COc1ccc(CNc2nc(C)cc(Nc3c(C)cccc3C)n2)cc1OC. The summed E-state index contributed by atoms with van der Waals surface area (Å²) >= 11 is 0. The fourth-order valence-electron chi connectivity index (χ4n) is 3.02. The quantitative estimate of drug-likeness (QED) is 0.617. The van der Waals surface area contributed by atoms with Crippen molar-refractivity contribution in [3.05, 3.63) is 64.8 Å². The number of para-hydroxylation sites is 1. The molecule has 0 fully saturated rings. The normalized spacial score (nSPS) is 10.5. The van der Waals surface area contributed by atoms with Crippen LogP contribution in [0.2, 0.25) is 0 Å². The minimum atomic E-state index is 0.573. The molecule has 0 saturated carbocycles. The molecule has 0 radical (unpaired) electrons. The van der Waals surface area contributed by atoms with Gasteiger partial charge in [-0.05, 0) is 49.6 Å². The standard InChI is InChI=1S/C22H26N4O2/c1-14-7-6-8-15(2)21(14)25-20-11-16(3)24-22(26-20)23-13-17-9-10-18(27-4)19(12-17)28-5/h6-12H,13H2,1-5H3,(H2,23,24,25,26). The van der Waals surface area contributed by atoms with Crippen molar-refractivity contribution in [1.82, 2.24) is 9.97 Å². The third-order valence-electron chi connectivity index (χ3n) is 4.49. The number of aromatic nitrogens is 2. The Morgan fingerprint density at radius 3 is 2.25 bits per heavy atom. The molecule has 1 aromatic heterocycles. The molecule has 3 aromatic rings. The van der Waals surface area contributed by atoms with Gasteiger partial charge >= 0.3 is 0 Å². The van der Waals surface area contributed by atoms with Crippen molar-refractivity contribution in [2.75, 3.05) is 24.9 Å². The highest BCUT2D eigenvalue weighted by Crippen LogP contribution is 2.28. The van der Waals surface area contributed by atoms with Crippen LogP contribution in [0.4, 0.5) is 17.5 Å². The van der Waals surface area contributed by atoms with E-state index in [4.69, 9.17) is 9.47 Å². The lowest BCUT2D eigenvalue weighted by atomic mass is 10.1. The van der Waals surface area contributed by atoms with Crippen LogP contribution in [0.1, 0.15) is 22.4 Å². The summed E-state index contributed by atoms with van der Waals surface area (Å²) < 4.78 is 10.6. The number of rotatable bonds is 7. The van der Waals surface area contributed by atoms with Crippen molar-refractivity contribution in [2.45, 2.75) is 27.3 Å². The van der Waals surface area contributed by atoms with Gasteiger partial charge in [0, 0.05) is 24.0 Å². The molecule has 1 heterocycles. The van der Waals surface area contributed by atoms with Crippen molar-refractivity contribution in [2.24, 2.45) is 0 Å². The van der Waals surface area contributed by atoms with Crippen LogP contribution in [0.5, 0.6) is 11.5 Å². The molecule has 28 heavy (non-hydrogen) atoms. The van der Waals surface area contributed by atoms with E-state index in [1.807, 2.05) is 31.2 Å². The predicted octanol–water partition coefficient (Wildman–Crippen LogP) is 4.77. The Kier molecular flexibility index (Phi) is 5.99. The fraction of sp³-hybridized carbons (Fsp3) is 0.273. The molecule has 0 amide bonds. The number of aryl methyl sites for hydroxylation is 3. The van der Waals surface area contributed by atoms with Crippen LogP contribution in [-0.2, 0) is 6.54 Å². The maximum Gasteiger partial charge on any atom is 0.225 e. The third kappa shape index (κ3) is 4.52. The third-order valence-corrected chi connectivity index (χ3v) is 4.49. The zero-order chi connectivity index (χ0) is 20.1. The number of nitrogens with one attached hydrogen (secondary N) is 2. The van der Waals surface area contributed by atoms with Gasteiger partial charge in [-0.15, -0.1) is 0 Å². The minimum absolute atomic E-state index is 0.573. The second-order valence-corrected chi connectivity index (χ2v) is 6.65. The van der Waals surface area contributed by atoms with Gasteiger partial charge in [0.1, 0.15) is 5.82 Å². The first-order valence-corrected chi connectivity index (χ1v) is 9.14. The second kappa shape index (κ2) is 8.61. The lowest BCUT2D eigenvalue weighted by Gasteiger charge is -2.14. The Hall–Kier alpha value is -3.28. The minimum Gasteiger partial charge on any atom is -0.493 e. The first-order chi connectivity index (χ1) is 13.5. The van der Waals surface area contributed by atoms with E-state index in [1.165, 1.54) is 11.1 Å². The van der Waals surface area contributed by atoms with Crippen LogP contribution in [0.3, 0.4) is 0 Å². The molecule has 0 saturated heterocycles. The van der Waals surface area contributed by atoms with Gasteiger partial charge in [0.25, 0.3) is 0 Å². The summed E-state index contributed by atoms with van der Waals surface area (Å²) in [5.74, 6) is 2.74. The number of methoxy groups -OCH3 is 2. The Morgan fingerprint density at radius 1 is 0.857 bits per heavy atom. The van der Waals surface area contributed by atoms with Crippen LogP contribution in [-0.4, -0.2) is 24.2 Å².